The molecule has 1 N–H and O–H groups in total. The van der Waals surface area contributed by atoms with Crippen LogP contribution in [0.3, 0.4) is 0 Å². The lowest BCUT2D eigenvalue weighted by Gasteiger charge is -2.38. The Morgan fingerprint density at radius 2 is 2.14 bits per heavy atom. The van der Waals surface area contributed by atoms with E-state index < -0.39 is 5.54 Å². The molecule has 2 heterocycles. The molecule has 0 aliphatic carbocycles. The first-order valence-corrected chi connectivity index (χ1v) is 11.0. The van der Waals surface area contributed by atoms with Crippen LogP contribution in [0.2, 0.25) is 5.15 Å². The zero-order valence-corrected chi connectivity index (χ0v) is 19.4. The molecular weight excluding hydrogens is 454 g/mol. The topological polar surface area (TPSA) is 56.2 Å². The molecule has 156 valence electrons. The maximum atomic E-state index is 12.8. The van der Waals surface area contributed by atoms with Crippen molar-refractivity contribution < 1.29 is 9.53 Å². The fraction of sp³-hybridized carbons (Fsp3) is 0.455. The minimum absolute atomic E-state index is 0.154. The van der Waals surface area contributed by atoms with Crippen molar-refractivity contribution in [3.8, 4) is 0 Å². The molecule has 1 aliphatic rings. The highest BCUT2D eigenvalue weighted by Crippen LogP contribution is 2.33. The van der Waals surface area contributed by atoms with Crippen LogP contribution in [0.25, 0.3) is 6.08 Å². The van der Waals surface area contributed by atoms with Gasteiger partial charge in [0.05, 0.1) is 11.2 Å². The monoisotopic (exact) mass is 479 g/mol. The van der Waals surface area contributed by atoms with E-state index in [-0.39, 0.29) is 5.91 Å². The summed E-state index contributed by atoms with van der Waals surface area (Å²) in [5, 5.41) is 8.29. The van der Waals surface area contributed by atoms with Gasteiger partial charge in [0.15, 0.2) is 0 Å². The Bertz CT molecular complexity index is 901. The summed E-state index contributed by atoms with van der Waals surface area (Å²) >= 11 is 10.0. The smallest absolute Gasteiger partial charge is 0.244 e. The number of ether oxygens (including phenoxy) is 1. The lowest BCUT2D eigenvalue weighted by molar-refractivity contribution is -0.119. The molecule has 5 nitrogen and oxygen atoms in total. The highest BCUT2D eigenvalue weighted by molar-refractivity contribution is 9.10. The summed E-state index contributed by atoms with van der Waals surface area (Å²) in [5.74, 6) is 0.282. The van der Waals surface area contributed by atoms with E-state index >= 15 is 0 Å². The maximum Gasteiger partial charge on any atom is 0.244 e. The number of aromatic nitrogens is 2. The number of hydrogen-bond acceptors (Lipinski definition) is 3. The molecule has 29 heavy (non-hydrogen) atoms. The van der Waals surface area contributed by atoms with Gasteiger partial charge in [0.25, 0.3) is 0 Å². The standard InChI is InChI=1S/C22H27BrClN3O2/c1-15(2)14-27-21(24)19(16(3)26-27)7-8-20(28)25-22(9-11-29-12-10-22)17-5-4-6-18(23)13-17/h4-8,13,15H,9-12,14H2,1-3H3,(H,25,28)/b8-7+. The van der Waals surface area contributed by atoms with Gasteiger partial charge in [-0.25, -0.2) is 0 Å². The van der Waals surface area contributed by atoms with Crippen molar-refractivity contribution in [3.63, 3.8) is 0 Å². The van der Waals surface area contributed by atoms with Gasteiger partial charge in [0.1, 0.15) is 5.15 Å². The fourth-order valence-electron chi connectivity index (χ4n) is 3.65. The first-order chi connectivity index (χ1) is 13.8. The van der Waals surface area contributed by atoms with E-state index in [9.17, 15) is 4.79 Å². The van der Waals surface area contributed by atoms with E-state index in [2.05, 4.69) is 52.3 Å². The molecule has 1 fully saturated rings. The number of benzene rings is 1. The number of hydrogen-bond donors (Lipinski definition) is 1. The fourth-order valence-corrected chi connectivity index (χ4v) is 4.36. The Morgan fingerprint density at radius 3 is 2.79 bits per heavy atom. The number of nitrogens with one attached hydrogen (secondary N) is 1. The molecule has 0 unspecified atom stereocenters. The second-order valence-electron chi connectivity index (χ2n) is 7.89. The minimum Gasteiger partial charge on any atom is -0.381 e. The van der Waals surface area contributed by atoms with Gasteiger partial charge < -0.3 is 10.1 Å². The molecule has 7 heteroatoms. The highest BCUT2D eigenvalue weighted by Gasteiger charge is 2.35. The van der Waals surface area contributed by atoms with Gasteiger partial charge in [0, 0.05) is 35.9 Å². The maximum absolute atomic E-state index is 12.8. The zero-order valence-electron chi connectivity index (χ0n) is 17.0. The minimum atomic E-state index is -0.440. The molecule has 3 rings (SSSR count). The molecule has 0 atom stereocenters. The van der Waals surface area contributed by atoms with Crippen LogP contribution in [0.15, 0.2) is 34.8 Å². The van der Waals surface area contributed by atoms with E-state index in [1.165, 1.54) is 0 Å². The van der Waals surface area contributed by atoms with Crippen LogP contribution in [0.4, 0.5) is 0 Å². The van der Waals surface area contributed by atoms with Gasteiger partial charge in [-0.3, -0.25) is 9.48 Å². The Balaban J connectivity index is 1.80. The zero-order chi connectivity index (χ0) is 21.0. The molecule has 0 radical (unpaired) electrons. The first-order valence-electron chi connectivity index (χ1n) is 9.87. The van der Waals surface area contributed by atoms with Crippen LogP contribution in [0.5, 0.6) is 0 Å². The third kappa shape index (κ3) is 5.30. The van der Waals surface area contributed by atoms with Crippen molar-refractivity contribution in [1.29, 1.82) is 0 Å². The number of aryl methyl sites for hydroxylation is 1. The van der Waals surface area contributed by atoms with Crippen molar-refractivity contribution in [2.45, 2.75) is 45.7 Å². The second-order valence-corrected chi connectivity index (χ2v) is 9.17. The van der Waals surface area contributed by atoms with Crippen molar-refractivity contribution in [2.75, 3.05) is 13.2 Å². The lowest BCUT2D eigenvalue weighted by Crippen LogP contribution is -2.49. The average Bonchev–Trinajstić information content (AvgIpc) is 2.93. The molecule has 2 aromatic rings. The number of nitrogens with zero attached hydrogens (tertiary/aromatic N) is 2. The summed E-state index contributed by atoms with van der Waals surface area (Å²) in [4.78, 5) is 12.8. The van der Waals surface area contributed by atoms with Gasteiger partial charge in [-0.2, -0.15) is 5.10 Å². The van der Waals surface area contributed by atoms with Crippen LogP contribution in [0.1, 0.15) is 43.5 Å². The average molecular weight is 481 g/mol. The van der Waals surface area contributed by atoms with Crippen LogP contribution < -0.4 is 5.32 Å². The number of halogens is 2. The molecular formula is C22H27BrClN3O2. The number of rotatable bonds is 6. The summed E-state index contributed by atoms with van der Waals surface area (Å²) < 4.78 is 8.33. The first kappa shape index (κ1) is 22.1. The van der Waals surface area contributed by atoms with Crippen molar-refractivity contribution in [3.05, 3.63) is 56.8 Å². The molecule has 1 aliphatic heterocycles. The van der Waals surface area contributed by atoms with E-state index in [1.54, 1.807) is 16.8 Å². The van der Waals surface area contributed by atoms with E-state index in [0.29, 0.717) is 24.3 Å². The van der Waals surface area contributed by atoms with Gasteiger partial charge in [0.2, 0.25) is 5.91 Å². The largest absolute Gasteiger partial charge is 0.381 e. The van der Waals surface area contributed by atoms with Crippen molar-refractivity contribution in [2.24, 2.45) is 5.92 Å². The summed E-state index contributed by atoms with van der Waals surface area (Å²) in [5.41, 5.74) is 2.23. The third-order valence-electron chi connectivity index (χ3n) is 5.13. The molecule has 0 spiro atoms. The second kappa shape index (κ2) is 9.45. The van der Waals surface area contributed by atoms with E-state index in [0.717, 1.165) is 40.7 Å². The Morgan fingerprint density at radius 1 is 1.41 bits per heavy atom. The molecule has 1 aromatic heterocycles. The number of carbonyl (C=O) groups is 1. The highest BCUT2D eigenvalue weighted by atomic mass is 79.9. The molecule has 1 aromatic carbocycles. The third-order valence-corrected chi connectivity index (χ3v) is 6.03. The molecule has 0 saturated carbocycles. The molecule has 1 amide bonds. The Hall–Kier alpha value is -1.63. The number of carbonyl (C=O) groups excluding carboxylic acids is 1. The predicted molar refractivity (Wildman–Crippen MR) is 120 cm³/mol. The van der Waals surface area contributed by atoms with Gasteiger partial charge in [-0.05, 0) is 49.5 Å². The molecule has 1 saturated heterocycles. The summed E-state index contributed by atoms with van der Waals surface area (Å²) in [6.45, 7) is 8.11. The number of amides is 1. The lowest BCUT2D eigenvalue weighted by atomic mass is 9.82. The van der Waals surface area contributed by atoms with Crippen LogP contribution in [-0.4, -0.2) is 28.9 Å². The van der Waals surface area contributed by atoms with E-state index in [4.69, 9.17) is 16.3 Å². The summed E-state index contributed by atoms with van der Waals surface area (Å²) in [6, 6.07) is 8.09. The summed E-state index contributed by atoms with van der Waals surface area (Å²) in [7, 11) is 0. The van der Waals surface area contributed by atoms with Gasteiger partial charge >= 0.3 is 0 Å². The van der Waals surface area contributed by atoms with Gasteiger partial charge in [-0.15, -0.1) is 0 Å². The Kier molecular flexibility index (Phi) is 7.19. The van der Waals surface area contributed by atoms with Crippen LogP contribution >= 0.6 is 27.5 Å². The Labute approximate surface area is 185 Å². The van der Waals surface area contributed by atoms with Crippen molar-refractivity contribution in [1.82, 2.24) is 15.1 Å². The summed E-state index contributed by atoms with van der Waals surface area (Å²) in [6.07, 6.45) is 4.76. The van der Waals surface area contributed by atoms with Crippen LogP contribution in [0, 0.1) is 12.8 Å². The van der Waals surface area contributed by atoms with E-state index in [1.807, 2.05) is 19.1 Å². The predicted octanol–water partition coefficient (Wildman–Crippen LogP) is 5.10. The quantitative estimate of drug-likeness (QED) is 0.585. The van der Waals surface area contributed by atoms with Gasteiger partial charge in [-0.1, -0.05) is 53.5 Å². The SMILES string of the molecule is Cc1nn(CC(C)C)c(Cl)c1/C=C/C(=O)NC1(c2cccc(Br)c2)CCOCC1. The normalized spacial score (nSPS) is 16.5. The van der Waals surface area contributed by atoms with Crippen LogP contribution in [-0.2, 0) is 21.6 Å². The van der Waals surface area contributed by atoms with Crippen molar-refractivity contribution >= 4 is 39.5 Å². The molecule has 0 bridgehead atoms.